The summed E-state index contributed by atoms with van der Waals surface area (Å²) < 4.78 is 0. The van der Waals surface area contributed by atoms with E-state index in [0.29, 0.717) is 34.5 Å². The highest BCUT2D eigenvalue weighted by Crippen LogP contribution is 2.38. The van der Waals surface area contributed by atoms with Gasteiger partial charge in [-0.3, -0.25) is 14.9 Å². The highest BCUT2D eigenvalue weighted by atomic mass is 16.1. The smallest absolute Gasteiger partial charge is 0.255 e. The molecular weight excluding hydrogens is 340 g/mol. The van der Waals surface area contributed by atoms with Gasteiger partial charge in [-0.05, 0) is 30.9 Å². The van der Waals surface area contributed by atoms with Gasteiger partial charge in [0.25, 0.3) is 5.91 Å². The number of hydrogen-bond donors (Lipinski definition) is 4. The van der Waals surface area contributed by atoms with Crippen molar-refractivity contribution in [3.63, 3.8) is 0 Å². The van der Waals surface area contributed by atoms with Crippen molar-refractivity contribution in [1.29, 1.82) is 0 Å². The van der Waals surface area contributed by atoms with E-state index < -0.39 is 0 Å². The summed E-state index contributed by atoms with van der Waals surface area (Å²) in [6.07, 6.45) is 8.09. The minimum absolute atomic E-state index is 0.283. The van der Waals surface area contributed by atoms with Crippen molar-refractivity contribution in [3.8, 4) is 0 Å². The average molecular weight is 364 g/mol. The van der Waals surface area contributed by atoms with Crippen LogP contribution in [0.3, 0.4) is 0 Å². The number of nitrogens with zero attached hydrogens (tertiary/aromatic N) is 2. The summed E-state index contributed by atoms with van der Waals surface area (Å²) in [5.41, 5.74) is 15.2. The van der Waals surface area contributed by atoms with E-state index in [0.717, 1.165) is 16.6 Å². The van der Waals surface area contributed by atoms with Crippen LogP contribution in [0.2, 0.25) is 0 Å². The summed E-state index contributed by atoms with van der Waals surface area (Å²) in [7, 11) is 0. The number of aromatic nitrogens is 3. The standard InChI is InChI=1S/C20H24N6O/c1-11(12-4-2-3-5-12)18-14-7-6-13(8-17(14)25-26-18)20(27)24-19-15(21)9-23-10-16(19)22/h6-12H,2-5,21-22H2,1H3,(H,25,26)(H,23,24,27). The zero-order valence-corrected chi connectivity index (χ0v) is 15.3. The zero-order valence-electron chi connectivity index (χ0n) is 15.3. The van der Waals surface area contributed by atoms with Crippen LogP contribution >= 0.6 is 0 Å². The first-order valence-electron chi connectivity index (χ1n) is 9.33. The van der Waals surface area contributed by atoms with E-state index in [1.165, 1.54) is 38.1 Å². The molecule has 0 bridgehead atoms. The minimum Gasteiger partial charge on any atom is -0.396 e. The molecule has 1 aliphatic carbocycles. The molecular formula is C20H24N6O. The number of anilines is 3. The highest BCUT2D eigenvalue weighted by molar-refractivity contribution is 6.09. The van der Waals surface area contributed by atoms with Crippen LogP contribution in [0.5, 0.6) is 0 Å². The number of nitrogen functional groups attached to an aromatic ring is 2. The third-order valence-corrected chi connectivity index (χ3v) is 5.65. The Kier molecular flexibility index (Phi) is 4.43. The molecule has 1 aliphatic rings. The van der Waals surface area contributed by atoms with Crippen LogP contribution in [0, 0.1) is 5.92 Å². The normalized spacial score (nSPS) is 15.9. The second-order valence-electron chi connectivity index (χ2n) is 7.35. The Balaban J connectivity index is 1.59. The van der Waals surface area contributed by atoms with Gasteiger partial charge in [0, 0.05) is 22.6 Å². The second-order valence-corrected chi connectivity index (χ2v) is 7.35. The molecule has 1 unspecified atom stereocenters. The number of benzene rings is 1. The lowest BCUT2D eigenvalue weighted by molar-refractivity contribution is 0.102. The Morgan fingerprint density at radius 2 is 1.93 bits per heavy atom. The van der Waals surface area contributed by atoms with Crippen molar-refractivity contribution in [1.82, 2.24) is 15.2 Å². The zero-order chi connectivity index (χ0) is 19.0. The van der Waals surface area contributed by atoms with E-state index in [1.807, 2.05) is 12.1 Å². The molecule has 7 heteroatoms. The lowest BCUT2D eigenvalue weighted by atomic mass is 9.88. The summed E-state index contributed by atoms with van der Waals surface area (Å²) in [5, 5.41) is 11.5. The molecule has 0 saturated heterocycles. The van der Waals surface area contributed by atoms with E-state index >= 15 is 0 Å². The summed E-state index contributed by atoms with van der Waals surface area (Å²) >= 11 is 0. The highest BCUT2D eigenvalue weighted by Gasteiger charge is 2.25. The summed E-state index contributed by atoms with van der Waals surface area (Å²) in [6.45, 7) is 2.26. The molecule has 1 atom stereocenters. The van der Waals surface area contributed by atoms with Gasteiger partial charge in [-0.15, -0.1) is 0 Å². The molecule has 1 amide bonds. The predicted molar refractivity (Wildman–Crippen MR) is 107 cm³/mol. The minimum atomic E-state index is -0.283. The number of rotatable bonds is 4. The number of carbonyl (C=O) groups excluding carboxylic acids is 1. The molecule has 3 aromatic rings. The van der Waals surface area contributed by atoms with Crippen LogP contribution in [-0.2, 0) is 0 Å². The Morgan fingerprint density at radius 1 is 1.22 bits per heavy atom. The first kappa shape index (κ1) is 17.3. The van der Waals surface area contributed by atoms with Crippen LogP contribution in [0.15, 0.2) is 30.6 Å². The number of nitrogens with one attached hydrogen (secondary N) is 2. The molecule has 1 saturated carbocycles. The fourth-order valence-electron chi connectivity index (χ4n) is 4.04. The molecule has 1 aromatic carbocycles. The third kappa shape index (κ3) is 3.20. The van der Waals surface area contributed by atoms with Gasteiger partial charge in [0.1, 0.15) is 0 Å². The largest absolute Gasteiger partial charge is 0.396 e. The number of aromatic amines is 1. The SMILES string of the molecule is CC(c1[nH]nc2cc(C(=O)Nc3c(N)cncc3N)ccc12)C1CCCC1. The van der Waals surface area contributed by atoms with E-state index in [-0.39, 0.29) is 5.91 Å². The topological polar surface area (TPSA) is 123 Å². The summed E-state index contributed by atoms with van der Waals surface area (Å²) in [5.74, 6) is 0.859. The van der Waals surface area contributed by atoms with Crippen LogP contribution in [0.1, 0.15) is 54.6 Å². The third-order valence-electron chi connectivity index (χ3n) is 5.65. The first-order valence-corrected chi connectivity index (χ1v) is 9.33. The number of carbonyl (C=O) groups is 1. The molecule has 7 nitrogen and oxygen atoms in total. The van der Waals surface area contributed by atoms with Gasteiger partial charge in [-0.25, -0.2) is 0 Å². The molecule has 140 valence electrons. The van der Waals surface area contributed by atoms with Gasteiger partial charge in [-0.2, -0.15) is 5.10 Å². The van der Waals surface area contributed by atoms with Crippen molar-refractivity contribution in [2.75, 3.05) is 16.8 Å². The van der Waals surface area contributed by atoms with Gasteiger partial charge in [0.05, 0.1) is 35.0 Å². The van der Waals surface area contributed by atoms with Crippen molar-refractivity contribution < 1.29 is 4.79 Å². The van der Waals surface area contributed by atoms with E-state index in [2.05, 4.69) is 27.4 Å². The van der Waals surface area contributed by atoms with Gasteiger partial charge in [0.15, 0.2) is 0 Å². The van der Waals surface area contributed by atoms with Gasteiger partial charge in [-0.1, -0.05) is 25.8 Å². The number of hydrogen-bond acceptors (Lipinski definition) is 5. The van der Waals surface area contributed by atoms with Crippen molar-refractivity contribution in [3.05, 3.63) is 41.9 Å². The second kappa shape index (κ2) is 6.90. The van der Waals surface area contributed by atoms with E-state index in [4.69, 9.17) is 11.5 Å². The molecule has 0 radical (unpaired) electrons. The van der Waals surface area contributed by atoms with Crippen molar-refractivity contribution in [2.45, 2.75) is 38.5 Å². The summed E-state index contributed by atoms with van der Waals surface area (Å²) in [6, 6.07) is 5.57. The Labute approximate surface area is 157 Å². The van der Waals surface area contributed by atoms with Gasteiger partial charge >= 0.3 is 0 Å². The lowest BCUT2D eigenvalue weighted by Gasteiger charge is -2.17. The average Bonchev–Trinajstić information content (AvgIpc) is 3.33. The maximum atomic E-state index is 12.6. The van der Waals surface area contributed by atoms with Crippen molar-refractivity contribution in [2.24, 2.45) is 5.92 Å². The molecule has 27 heavy (non-hydrogen) atoms. The number of fused-ring (bicyclic) bond motifs is 1. The number of nitrogens with two attached hydrogens (primary N) is 2. The molecule has 0 spiro atoms. The fourth-order valence-corrected chi connectivity index (χ4v) is 4.04. The number of pyridine rings is 1. The number of amides is 1. The van der Waals surface area contributed by atoms with Crippen LogP contribution in [-0.4, -0.2) is 21.1 Å². The van der Waals surface area contributed by atoms with Crippen LogP contribution < -0.4 is 16.8 Å². The molecule has 6 N–H and O–H groups in total. The molecule has 4 rings (SSSR count). The van der Waals surface area contributed by atoms with Gasteiger partial charge < -0.3 is 16.8 Å². The van der Waals surface area contributed by atoms with E-state index in [1.54, 1.807) is 6.07 Å². The van der Waals surface area contributed by atoms with Crippen LogP contribution in [0.4, 0.5) is 17.1 Å². The predicted octanol–water partition coefficient (Wildman–Crippen LogP) is 3.67. The molecule has 0 aliphatic heterocycles. The lowest BCUT2D eigenvalue weighted by Crippen LogP contribution is -2.15. The summed E-state index contributed by atoms with van der Waals surface area (Å²) in [4.78, 5) is 16.5. The maximum absolute atomic E-state index is 12.6. The quantitative estimate of drug-likeness (QED) is 0.562. The Bertz CT molecular complexity index is 969. The monoisotopic (exact) mass is 364 g/mol. The fraction of sp³-hybridized carbons (Fsp3) is 0.350. The van der Waals surface area contributed by atoms with Crippen molar-refractivity contribution >= 4 is 33.9 Å². The Morgan fingerprint density at radius 3 is 2.63 bits per heavy atom. The molecule has 2 heterocycles. The first-order chi connectivity index (χ1) is 13.0. The van der Waals surface area contributed by atoms with Crippen LogP contribution in [0.25, 0.3) is 10.9 Å². The molecule has 2 aromatic heterocycles. The van der Waals surface area contributed by atoms with Gasteiger partial charge in [0.2, 0.25) is 0 Å². The molecule has 1 fully saturated rings. The maximum Gasteiger partial charge on any atom is 0.255 e. The Hall–Kier alpha value is -3.09. The van der Waals surface area contributed by atoms with E-state index in [9.17, 15) is 4.79 Å². The number of H-pyrrole nitrogens is 1.